The minimum Gasteiger partial charge on any atom is -0.450 e. The summed E-state index contributed by atoms with van der Waals surface area (Å²) >= 11 is 1.67. The molecule has 0 unspecified atom stereocenters. The fourth-order valence-corrected chi connectivity index (χ4v) is 4.92. The van der Waals surface area contributed by atoms with Gasteiger partial charge in [0.1, 0.15) is 10.7 Å². The zero-order valence-electron chi connectivity index (χ0n) is 14.3. The number of nitrogens with zero attached hydrogens (tertiary/aromatic N) is 3. The Morgan fingerprint density at radius 3 is 2.84 bits per heavy atom. The summed E-state index contributed by atoms with van der Waals surface area (Å²) in [5.74, 6) is 0.710. The maximum absolute atomic E-state index is 12.5. The number of aromatic amines is 1. The molecule has 1 saturated heterocycles. The number of amides is 1. The van der Waals surface area contributed by atoms with Crippen LogP contribution < -0.4 is 5.56 Å². The van der Waals surface area contributed by atoms with Crippen LogP contribution in [0.4, 0.5) is 4.79 Å². The van der Waals surface area contributed by atoms with Gasteiger partial charge in [-0.3, -0.25) is 9.69 Å². The predicted octanol–water partition coefficient (Wildman–Crippen LogP) is 1.75. The fraction of sp³-hybridized carbons (Fsp3) is 0.588. The molecule has 1 aliphatic heterocycles. The monoisotopic (exact) mass is 362 g/mol. The highest BCUT2D eigenvalue weighted by atomic mass is 32.1. The molecule has 4 rings (SSSR count). The van der Waals surface area contributed by atoms with Gasteiger partial charge in [-0.1, -0.05) is 0 Å². The quantitative estimate of drug-likeness (QED) is 0.900. The summed E-state index contributed by atoms with van der Waals surface area (Å²) in [6, 6.07) is 0. The van der Waals surface area contributed by atoms with Gasteiger partial charge >= 0.3 is 6.09 Å². The third-order valence-electron chi connectivity index (χ3n) is 4.90. The van der Waals surface area contributed by atoms with E-state index in [2.05, 4.69) is 9.88 Å². The van der Waals surface area contributed by atoms with Gasteiger partial charge in [0, 0.05) is 31.1 Å². The number of fused-ring (bicyclic) bond motifs is 3. The largest absolute Gasteiger partial charge is 0.450 e. The van der Waals surface area contributed by atoms with Crippen molar-refractivity contribution in [2.75, 3.05) is 32.8 Å². The first-order valence-corrected chi connectivity index (χ1v) is 9.65. The van der Waals surface area contributed by atoms with Crippen molar-refractivity contribution < 1.29 is 9.53 Å². The van der Waals surface area contributed by atoms with E-state index in [1.54, 1.807) is 16.2 Å². The molecule has 1 N–H and O–H groups in total. The first kappa shape index (κ1) is 16.5. The first-order valence-electron chi connectivity index (χ1n) is 8.83. The lowest BCUT2D eigenvalue weighted by atomic mass is 10.2. The molecule has 2 aromatic rings. The number of aryl methyl sites for hydroxylation is 2. The van der Waals surface area contributed by atoms with Crippen molar-refractivity contribution in [3.63, 3.8) is 0 Å². The van der Waals surface area contributed by atoms with Gasteiger partial charge in [-0.15, -0.1) is 11.3 Å². The molecule has 25 heavy (non-hydrogen) atoms. The molecule has 0 bridgehead atoms. The zero-order chi connectivity index (χ0) is 17.4. The van der Waals surface area contributed by atoms with Crippen LogP contribution >= 0.6 is 11.3 Å². The lowest BCUT2D eigenvalue weighted by Gasteiger charge is -2.33. The number of H-pyrrole nitrogens is 1. The van der Waals surface area contributed by atoms with Crippen LogP contribution in [0.3, 0.4) is 0 Å². The second-order valence-corrected chi connectivity index (χ2v) is 7.60. The highest BCUT2D eigenvalue weighted by molar-refractivity contribution is 7.18. The second-order valence-electron chi connectivity index (χ2n) is 6.51. The maximum atomic E-state index is 12.5. The summed E-state index contributed by atoms with van der Waals surface area (Å²) in [5, 5.41) is 0.799. The molecule has 1 aliphatic carbocycles. The Kier molecular flexibility index (Phi) is 4.47. The molecular formula is C17H22N4O3S. The molecule has 3 heterocycles. The molecule has 0 atom stereocenters. The third-order valence-corrected chi connectivity index (χ3v) is 6.08. The molecule has 2 aliphatic rings. The summed E-state index contributed by atoms with van der Waals surface area (Å²) in [4.78, 5) is 38.0. The highest BCUT2D eigenvalue weighted by Gasteiger charge is 2.24. The van der Waals surface area contributed by atoms with Gasteiger partial charge in [0.25, 0.3) is 5.56 Å². The molecule has 1 fully saturated rings. The van der Waals surface area contributed by atoms with Crippen molar-refractivity contribution in [3.8, 4) is 0 Å². The van der Waals surface area contributed by atoms with Gasteiger partial charge in [0.2, 0.25) is 0 Å². The Morgan fingerprint density at radius 1 is 1.28 bits per heavy atom. The topological polar surface area (TPSA) is 78.5 Å². The Bertz CT molecular complexity index is 851. The number of carbonyl (C=O) groups is 1. The third kappa shape index (κ3) is 3.16. The number of carbonyl (C=O) groups excluding carboxylic acids is 1. The first-order chi connectivity index (χ1) is 12.2. The maximum Gasteiger partial charge on any atom is 0.409 e. The molecule has 8 heteroatoms. The zero-order valence-corrected chi connectivity index (χ0v) is 15.2. The van der Waals surface area contributed by atoms with Crippen LogP contribution in [0.2, 0.25) is 0 Å². The van der Waals surface area contributed by atoms with E-state index in [1.807, 2.05) is 6.92 Å². The summed E-state index contributed by atoms with van der Waals surface area (Å²) in [6.45, 7) is 5.59. The second kappa shape index (κ2) is 6.76. The van der Waals surface area contributed by atoms with Gasteiger partial charge < -0.3 is 14.6 Å². The summed E-state index contributed by atoms with van der Waals surface area (Å²) < 4.78 is 5.04. The Balaban J connectivity index is 1.45. The van der Waals surface area contributed by atoms with Crippen molar-refractivity contribution >= 4 is 27.6 Å². The molecule has 0 aromatic carbocycles. The van der Waals surface area contributed by atoms with Gasteiger partial charge in [-0.25, -0.2) is 9.78 Å². The van der Waals surface area contributed by atoms with Gasteiger partial charge in [-0.05, 0) is 31.7 Å². The number of aromatic nitrogens is 2. The van der Waals surface area contributed by atoms with E-state index in [-0.39, 0.29) is 11.7 Å². The van der Waals surface area contributed by atoms with Crippen LogP contribution in [-0.2, 0) is 24.1 Å². The van der Waals surface area contributed by atoms with Gasteiger partial charge in [0.05, 0.1) is 18.5 Å². The lowest BCUT2D eigenvalue weighted by Crippen LogP contribution is -2.48. The summed E-state index contributed by atoms with van der Waals surface area (Å²) in [5.41, 5.74) is 1.20. The van der Waals surface area contributed by atoms with Crippen LogP contribution in [0, 0.1) is 0 Å². The molecule has 134 valence electrons. The summed E-state index contributed by atoms with van der Waals surface area (Å²) in [7, 11) is 0. The molecule has 0 spiro atoms. The van der Waals surface area contributed by atoms with Crippen LogP contribution in [0.15, 0.2) is 4.79 Å². The van der Waals surface area contributed by atoms with E-state index in [9.17, 15) is 9.59 Å². The standard InChI is InChI=1S/C17H22N4O3S/c1-2-24-17(23)21-8-6-20(7-9-21)10-13-18-15(22)14-11-4-3-5-12(11)25-16(14)19-13/h2-10H2,1H3,(H,18,19,22). The number of hydrogen-bond donors (Lipinski definition) is 1. The van der Waals surface area contributed by atoms with Crippen molar-refractivity contribution in [3.05, 3.63) is 26.6 Å². The van der Waals surface area contributed by atoms with Gasteiger partial charge in [-0.2, -0.15) is 0 Å². The SMILES string of the molecule is CCOC(=O)N1CCN(Cc2nc3sc4c(c3c(=O)[nH]2)CCC4)CC1. The Labute approximate surface area is 149 Å². The predicted molar refractivity (Wildman–Crippen MR) is 96.1 cm³/mol. The Morgan fingerprint density at radius 2 is 2.08 bits per heavy atom. The van der Waals surface area contributed by atoms with E-state index >= 15 is 0 Å². The van der Waals surface area contributed by atoms with E-state index < -0.39 is 0 Å². The molecule has 2 aromatic heterocycles. The molecule has 7 nitrogen and oxygen atoms in total. The van der Waals surface area contributed by atoms with E-state index in [0.717, 1.165) is 42.6 Å². The van der Waals surface area contributed by atoms with E-state index in [0.29, 0.717) is 32.1 Å². The number of piperazine rings is 1. The average Bonchev–Trinajstić information content (AvgIpc) is 3.16. The molecule has 0 radical (unpaired) electrons. The average molecular weight is 362 g/mol. The smallest absolute Gasteiger partial charge is 0.409 e. The van der Waals surface area contributed by atoms with Crippen LogP contribution in [-0.4, -0.2) is 58.6 Å². The molecular weight excluding hydrogens is 340 g/mol. The number of hydrogen-bond acceptors (Lipinski definition) is 6. The molecule has 1 amide bonds. The fourth-order valence-electron chi connectivity index (χ4n) is 3.64. The van der Waals surface area contributed by atoms with Crippen molar-refractivity contribution in [1.29, 1.82) is 0 Å². The van der Waals surface area contributed by atoms with Crippen LogP contribution in [0.5, 0.6) is 0 Å². The van der Waals surface area contributed by atoms with Gasteiger partial charge in [0.15, 0.2) is 0 Å². The van der Waals surface area contributed by atoms with Crippen molar-refractivity contribution in [2.45, 2.75) is 32.7 Å². The Hall–Kier alpha value is -1.93. The number of thiophene rings is 1. The van der Waals surface area contributed by atoms with Crippen molar-refractivity contribution in [2.24, 2.45) is 0 Å². The lowest BCUT2D eigenvalue weighted by molar-refractivity contribution is 0.0772. The number of nitrogens with one attached hydrogen (secondary N) is 1. The van der Waals surface area contributed by atoms with Crippen LogP contribution in [0.1, 0.15) is 29.6 Å². The number of ether oxygens (including phenoxy) is 1. The van der Waals surface area contributed by atoms with Crippen LogP contribution in [0.25, 0.3) is 10.2 Å². The minimum atomic E-state index is -0.247. The normalized spacial score (nSPS) is 17.9. The minimum absolute atomic E-state index is 0.00967. The highest BCUT2D eigenvalue weighted by Crippen LogP contribution is 2.34. The van der Waals surface area contributed by atoms with E-state index in [4.69, 9.17) is 9.72 Å². The number of rotatable bonds is 3. The van der Waals surface area contributed by atoms with Crippen molar-refractivity contribution in [1.82, 2.24) is 19.8 Å². The summed E-state index contributed by atoms with van der Waals surface area (Å²) in [6.07, 6.45) is 2.96. The molecule has 0 saturated carbocycles. The van der Waals surface area contributed by atoms with E-state index in [1.165, 1.54) is 10.4 Å².